The van der Waals surface area contributed by atoms with E-state index in [4.69, 9.17) is 42.8 Å². The van der Waals surface area contributed by atoms with Crippen molar-refractivity contribution in [2.75, 3.05) is 7.11 Å². The molecule has 230 valence electrons. The molecule has 0 amide bonds. The zero-order chi connectivity index (χ0) is 31.3. The maximum absolute atomic E-state index is 9.97. The molecule has 1 aliphatic rings. The lowest BCUT2D eigenvalue weighted by Crippen LogP contribution is -2.13. The Kier molecular flexibility index (Phi) is 10.6. The Labute approximate surface area is 263 Å². The Bertz CT molecular complexity index is 1580. The molecule has 4 aromatic rings. The Morgan fingerprint density at radius 2 is 1.86 bits per heavy atom. The highest BCUT2D eigenvalue weighted by Gasteiger charge is 2.41. The van der Waals surface area contributed by atoms with E-state index in [-0.39, 0.29) is 5.60 Å². The standard InChI is InChI=1S/C27H28Cl2N4O2.C6H12O2/c1-5-16(2)19-7-6-8-20(22(19)29)24-32-23-25(30-15-31-26(23)35-27(3)11-12-27)33(24)14-17-13-18(28)9-10-21(17)34-4;1-3-5(2)4-6(7)8/h6-10,13,15-16H,5,11-12,14H2,1-4H3;5H,3-4H2,1-2H3,(H,7,8)/t;5-/m.1/s1. The number of imidazole rings is 1. The number of hydrogen-bond acceptors (Lipinski definition) is 6. The lowest BCUT2D eigenvalue weighted by molar-refractivity contribution is -0.137. The van der Waals surface area contributed by atoms with Crippen LogP contribution in [0.2, 0.25) is 10.0 Å². The van der Waals surface area contributed by atoms with Crippen LogP contribution in [0.5, 0.6) is 11.6 Å². The molecule has 0 spiro atoms. The van der Waals surface area contributed by atoms with E-state index in [1.807, 2.05) is 48.7 Å². The third-order valence-electron chi connectivity index (χ3n) is 8.00. The third-order valence-corrected chi connectivity index (χ3v) is 8.66. The molecule has 0 radical (unpaired) electrons. The molecule has 1 N–H and O–H groups in total. The number of fused-ring (bicyclic) bond motifs is 1. The largest absolute Gasteiger partial charge is 0.496 e. The number of benzene rings is 2. The zero-order valence-corrected chi connectivity index (χ0v) is 27.2. The molecule has 0 bridgehead atoms. The first kappa shape index (κ1) is 32.6. The van der Waals surface area contributed by atoms with Crippen LogP contribution in [0.3, 0.4) is 0 Å². The number of hydrogen-bond donors (Lipinski definition) is 1. The zero-order valence-electron chi connectivity index (χ0n) is 25.7. The second kappa shape index (κ2) is 14.0. The summed E-state index contributed by atoms with van der Waals surface area (Å²) in [6.07, 6.45) is 5.75. The summed E-state index contributed by atoms with van der Waals surface area (Å²) < 4.78 is 13.9. The first-order valence-electron chi connectivity index (χ1n) is 14.7. The van der Waals surface area contributed by atoms with Gasteiger partial charge in [-0.1, -0.05) is 69.5 Å². The van der Waals surface area contributed by atoms with E-state index in [9.17, 15) is 4.79 Å². The average molecular weight is 628 g/mol. The van der Waals surface area contributed by atoms with Gasteiger partial charge in [-0.3, -0.25) is 4.79 Å². The number of methoxy groups -OCH3 is 1. The van der Waals surface area contributed by atoms with Crippen molar-refractivity contribution in [2.45, 2.75) is 84.8 Å². The minimum absolute atomic E-state index is 0.199. The fraction of sp³-hybridized carbons (Fsp3) is 0.455. The Balaban J connectivity index is 0.000000467. The lowest BCUT2D eigenvalue weighted by atomic mass is 9.96. The lowest BCUT2D eigenvalue weighted by Gasteiger charge is -2.16. The molecule has 1 fully saturated rings. The van der Waals surface area contributed by atoms with Gasteiger partial charge in [0.2, 0.25) is 5.88 Å². The van der Waals surface area contributed by atoms with Gasteiger partial charge in [0.1, 0.15) is 23.5 Å². The summed E-state index contributed by atoms with van der Waals surface area (Å²) in [4.78, 5) is 24.0. The van der Waals surface area contributed by atoms with Gasteiger partial charge in [0, 0.05) is 22.6 Å². The third kappa shape index (κ3) is 7.78. The average Bonchev–Trinajstić information content (AvgIpc) is 3.60. The molecule has 8 nitrogen and oxygen atoms in total. The Morgan fingerprint density at radius 3 is 2.47 bits per heavy atom. The molecule has 1 saturated carbocycles. The summed E-state index contributed by atoms with van der Waals surface area (Å²) in [6, 6.07) is 11.7. The van der Waals surface area contributed by atoms with Gasteiger partial charge in [-0.25, -0.2) is 9.97 Å². The van der Waals surface area contributed by atoms with Gasteiger partial charge in [-0.05, 0) is 67.9 Å². The van der Waals surface area contributed by atoms with Crippen LogP contribution in [0.25, 0.3) is 22.6 Å². The predicted molar refractivity (Wildman–Crippen MR) is 172 cm³/mol. The van der Waals surface area contributed by atoms with Crippen LogP contribution in [0, 0.1) is 5.92 Å². The number of halogens is 2. The van der Waals surface area contributed by atoms with Crippen LogP contribution in [0.15, 0.2) is 42.7 Å². The Hall–Kier alpha value is -3.36. The molecule has 1 aliphatic carbocycles. The number of nitrogens with zero attached hydrogens (tertiary/aromatic N) is 4. The van der Waals surface area contributed by atoms with Gasteiger partial charge in [0.15, 0.2) is 11.2 Å². The smallest absolute Gasteiger partial charge is 0.303 e. The number of rotatable bonds is 11. The molecular formula is C33H40Cl2N4O4. The van der Waals surface area contributed by atoms with Crippen LogP contribution in [0.1, 0.15) is 83.8 Å². The van der Waals surface area contributed by atoms with E-state index in [0.29, 0.717) is 57.7 Å². The number of carboxylic acid groups (broad SMARTS) is 1. The number of carboxylic acids is 1. The maximum atomic E-state index is 9.97. The molecule has 10 heteroatoms. The van der Waals surface area contributed by atoms with E-state index >= 15 is 0 Å². The van der Waals surface area contributed by atoms with E-state index in [1.165, 1.54) is 6.33 Å². The minimum atomic E-state index is -0.695. The van der Waals surface area contributed by atoms with Gasteiger partial charge >= 0.3 is 5.97 Å². The number of ether oxygens (including phenoxy) is 2. The van der Waals surface area contributed by atoms with Gasteiger partial charge in [-0.2, -0.15) is 4.98 Å². The van der Waals surface area contributed by atoms with Gasteiger partial charge in [0.25, 0.3) is 0 Å². The maximum Gasteiger partial charge on any atom is 0.303 e. The highest BCUT2D eigenvalue weighted by Crippen LogP contribution is 2.42. The van der Waals surface area contributed by atoms with Crippen molar-refractivity contribution in [1.29, 1.82) is 0 Å². The summed E-state index contributed by atoms with van der Waals surface area (Å²) >= 11 is 13.3. The molecule has 1 unspecified atom stereocenters. The summed E-state index contributed by atoms with van der Waals surface area (Å²) in [5.41, 5.74) is 3.92. The highest BCUT2D eigenvalue weighted by atomic mass is 35.5. The molecule has 2 heterocycles. The normalized spacial score (nSPS) is 14.9. The predicted octanol–water partition coefficient (Wildman–Crippen LogP) is 8.81. The van der Waals surface area contributed by atoms with Crippen LogP contribution in [-0.2, 0) is 11.3 Å². The van der Waals surface area contributed by atoms with Crippen molar-refractivity contribution in [3.8, 4) is 23.0 Å². The summed E-state index contributed by atoms with van der Waals surface area (Å²) in [6.45, 7) is 10.8. The SMILES string of the molecule is CCC(C)c1cccc(-c2nc3c(OC4(C)CC4)ncnc3n2Cc2cc(Cl)ccc2OC)c1Cl.CC[C@@H](C)CC(=O)O. The molecule has 2 atom stereocenters. The minimum Gasteiger partial charge on any atom is -0.496 e. The van der Waals surface area contributed by atoms with E-state index in [2.05, 4.69) is 36.8 Å². The monoisotopic (exact) mass is 626 g/mol. The fourth-order valence-corrected chi connectivity index (χ4v) is 5.26. The molecule has 0 saturated heterocycles. The number of carbonyl (C=O) groups is 1. The molecular weight excluding hydrogens is 587 g/mol. The van der Waals surface area contributed by atoms with E-state index in [0.717, 1.165) is 48.1 Å². The molecule has 2 aromatic heterocycles. The quantitative estimate of drug-likeness (QED) is 0.177. The second-order valence-electron chi connectivity index (χ2n) is 11.5. The van der Waals surface area contributed by atoms with Gasteiger partial charge in [-0.15, -0.1) is 0 Å². The van der Waals surface area contributed by atoms with Crippen molar-refractivity contribution >= 4 is 40.3 Å². The fourth-order valence-electron chi connectivity index (χ4n) is 4.66. The summed E-state index contributed by atoms with van der Waals surface area (Å²) in [5, 5.41) is 9.54. The van der Waals surface area contributed by atoms with Crippen LogP contribution >= 0.6 is 23.2 Å². The van der Waals surface area contributed by atoms with Crippen LogP contribution < -0.4 is 9.47 Å². The first-order chi connectivity index (χ1) is 20.5. The second-order valence-corrected chi connectivity index (χ2v) is 12.3. The van der Waals surface area contributed by atoms with Crippen LogP contribution in [0.4, 0.5) is 0 Å². The number of aromatic nitrogens is 4. The van der Waals surface area contributed by atoms with Crippen molar-refractivity contribution in [2.24, 2.45) is 5.92 Å². The molecule has 43 heavy (non-hydrogen) atoms. The van der Waals surface area contributed by atoms with Crippen molar-refractivity contribution in [1.82, 2.24) is 19.5 Å². The van der Waals surface area contributed by atoms with E-state index in [1.54, 1.807) is 7.11 Å². The Morgan fingerprint density at radius 1 is 1.12 bits per heavy atom. The molecule has 5 rings (SSSR count). The topological polar surface area (TPSA) is 99.4 Å². The van der Waals surface area contributed by atoms with Gasteiger partial charge in [0.05, 0.1) is 18.7 Å². The van der Waals surface area contributed by atoms with E-state index < -0.39 is 5.97 Å². The van der Waals surface area contributed by atoms with Crippen molar-refractivity contribution in [3.63, 3.8) is 0 Å². The summed E-state index contributed by atoms with van der Waals surface area (Å²) in [5.74, 6) is 1.87. The van der Waals surface area contributed by atoms with Crippen molar-refractivity contribution in [3.05, 3.63) is 63.9 Å². The molecule has 2 aromatic carbocycles. The van der Waals surface area contributed by atoms with Gasteiger partial charge < -0.3 is 19.1 Å². The molecule has 0 aliphatic heterocycles. The first-order valence-corrected chi connectivity index (χ1v) is 15.5. The number of aliphatic carboxylic acids is 1. The van der Waals surface area contributed by atoms with Crippen LogP contribution in [-0.4, -0.2) is 43.3 Å². The van der Waals surface area contributed by atoms with Crippen molar-refractivity contribution < 1.29 is 19.4 Å². The highest BCUT2D eigenvalue weighted by molar-refractivity contribution is 6.34. The summed E-state index contributed by atoms with van der Waals surface area (Å²) in [7, 11) is 1.65.